The van der Waals surface area contributed by atoms with Gasteiger partial charge >= 0.3 is 0 Å². The summed E-state index contributed by atoms with van der Waals surface area (Å²) in [4.78, 5) is 31.7. The van der Waals surface area contributed by atoms with E-state index in [0.717, 1.165) is 18.8 Å². The van der Waals surface area contributed by atoms with Crippen molar-refractivity contribution in [2.24, 2.45) is 0 Å². The maximum absolute atomic E-state index is 12.5. The first-order valence-electron chi connectivity index (χ1n) is 10.7. The highest BCUT2D eigenvalue weighted by atomic mass is 16.3. The Bertz CT molecular complexity index is 1020. The fraction of sp³-hybridized carbons (Fsp3) is 0.435. The molecule has 1 fully saturated rings. The molecule has 1 aliphatic heterocycles. The van der Waals surface area contributed by atoms with E-state index in [4.69, 9.17) is 4.42 Å². The van der Waals surface area contributed by atoms with Crippen molar-refractivity contribution >= 4 is 16.8 Å². The van der Waals surface area contributed by atoms with Crippen molar-refractivity contribution in [3.8, 4) is 0 Å². The molecule has 2 aromatic heterocycles. The summed E-state index contributed by atoms with van der Waals surface area (Å²) in [5.41, 5.74) is 0.627. The molecule has 4 rings (SSSR count). The van der Waals surface area contributed by atoms with Crippen LogP contribution in [0.1, 0.15) is 43.9 Å². The fourth-order valence-electron chi connectivity index (χ4n) is 4.09. The van der Waals surface area contributed by atoms with E-state index in [1.807, 2.05) is 30.3 Å². The number of para-hydroxylation sites is 1. The average molecular weight is 409 g/mol. The predicted octanol–water partition coefficient (Wildman–Crippen LogP) is 3.11. The van der Waals surface area contributed by atoms with E-state index in [1.54, 1.807) is 23.2 Å². The second-order valence-electron chi connectivity index (χ2n) is 7.80. The average Bonchev–Trinajstić information content (AvgIpc) is 3.31. The number of aromatic nitrogens is 2. The molecule has 1 unspecified atom stereocenters. The molecule has 30 heavy (non-hydrogen) atoms. The number of likely N-dealkylation sites (tertiary alicyclic amines) is 1. The number of fused-ring (bicyclic) bond motifs is 1. The molecular weight excluding hydrogens is 380 g/mol. The van der Waals surface area contributed by atoms with E-state index in [-0.39, 0.29) is 17.5 Å². The molecule has 158 valence electrons. The van der Waals surface area contributed by atoms with Gasteiger partial charge < -0.3 is 9.73 Å². The minimum atomic E-state index is -0.0657. The Hall–Kier alpha value is -2.93. The monoisotopic (exact) mass is 408 g/mol. The van der Waals surface area contributed by atoms with Gasteiger partial charge in [0.05, 0.1) is 29.5 Å². The number of piperidine rings is 1. The van der Waals surface area contributed by atoms with Crippen LogP contribution in [0, 0.1) is 0 Å². The first kappa shape index (κ1) is 20.3. The highest BCUT2D eigenvalue weighted by Crippen LogP contribution is 2.24. The predicted molar refractivity (Wildman–Crippen MR) is 115 cm³/mol. The van der Waals surface area contributed by atoms with Gasteiger partial charge in [-0.1, -0.05) is 18.6 Å². The number of benzene rings is 1. The number of rotatable bonds is 8. The Kier molecular flexibility index (Phi) is 6.59. The van der Waals surface area contributed by atoms with E-state index in [9.17, 15) is 9.59 Å². The van der Waals surface area contributed by atoms with Gasteiger partial charge in [0.2, 0.25) is 5.91 Å². The lowest BCUT2D eigenvalue weighted by atomic mass is 10.1. The summed E-state index contributed by atoms with van der Waals surface area (Å²) >= 11 is 0. The quantitative estimate of drug-likeness (QED) is 0.619. The Morgan fingerprint density at radius 2 is 1.97 bits per heavy atom. The first-order valence-corrected chi connectivity index (χ1v) is 10.7. The number of aryl methyl sites for hydroxylation is 1. The van der Waals surface area contributed by atoms with Gasteiger partial charge in [-0.3, -0.25) is 19.1 Å². The summed E-state index contributed by atoms with van der Waals surface area (Å²) in [6.07, 6.45) is 7.82. The standard InChI is InChI=1S/C23H28N4O3/c28-22(11-6-14-27-17-25-19-9-3-2-8-18(19)23(27)29)24-16-20(21-10-7-15-30-21)26-12-4-1-5-13-26/h2-3,7-10,15,17,20H,1,4-6,11-14,16H2,(H,24,28). The number of hydrogen-bond donors (Lipinski definition) is 1. The second-order valence-corrected chi connectivity index (χ2v) is 7.80. The molecule has 3 heterocycles. The number of hydrogen-bond acceptors (Lipinski definition) is 5. The van der Waals surface area contributed by atoms with Crippen LogP contribution in [0.2, 0.25) is 0 Å². The number of amides is 1. The SMILES string of the molecule is O=C(CCCn1cnc2ccccc2c1=O)NCC(c1ccco1)N1CCCCC1. The first-order chi connectivity index (χ1) is 14.7. The Morgan fingerprint density at radius 1 is 1.13 bits per heavy atom. The highest BCUT2D eigenvalue weighted by Gasteiger charge is 2.24. The number of nitrogens with zero attached hydrogens (tertiary/aromatic N) is 3. The van der Waals surface area contributed by atoms with Crippen LogP contribution < -0.4 is 10.9 Å². The molecule has 1 saturated heterocycles. The molecule has 1 atom stereocenters. The topological polar surface area (TPSA) is 80.4 Å². The minimum Gasteiger partial charge on any atom is -0.468 e. The third kappa shape index (κ3) is 4.79. The van der Waals surface area contributed by atoms with Crippen LogP contribution in [0.4, 0.5) is 0 Å². The maximum atomic E-state index is 12.5. The lowest BCUT2D eigenvalue weighted by Crippen LogP contribution is -2.40. The molecule has 0 aliphatic carbocycles. The van der Waals surface area contributed by atoms with Gasteiger partial charge in [0, 0.05) is 19.5 Å². The summed E-state index contributed by atoms with van der Waals surface area (Å²) in [5.74, 6) is 0.886. The summed E-state index contributed by atoms with van der Waals surface area (Å²) < 4.78 is 7.21. The normalized spacial score (nSPS) is 15.9. The van der Waals surface area contributed by atoms with Crippen LogP contribution in [0.3, 0.4) is 0 Å². The van der Waals surface area contributed by atoms with Crippen LogP contribution >= 0.6 is 0 Å². The van der Waals surface area contributed by atoms with Gasteiger partial charge in [-0.15, -0.1) is 0 Å². The lowest BCUT2D eigenvalue weighted by Gasteiger charge is -2.33. The van der Waals surface area contributed by atoms with Gasteiger partial charge in [0.15, 0.2) is 0 Å². The van der Waals surface area contributed by atoms with E-state index in [1.165, 1.54) is 19.3 Å². The Labute approximate surface area is 175 Å². The van der Waals surface area contributed by atoms with Crippen molar-refractivity contribution in [3.05, 3.63) is 65.1 Å². The van der Waals surface area contributed by atoms with Crippen LogP contribution in [0.15, 0.2) is 58.2 Å². The van der Waals surface area contributed by atoms with Crippen molar-refractivity contribution in [2.75, 3.05) is 19.6 Å². The lowest BCUT2D eigenvalue weighted by molar-refractivity contribution is -0.121. The second kappa shape index (κ2) is 9.71. The van der Waals surface area contributed by atoms with Crippen LogP contribution in [-0.2, 0) is 11.3 Å². The summed E-state index contributed by atoms with van der Waals surface area (Å²) in [7, 11) is 0. The van der Waals surface area contributed by atoms with Crippen LogP contribution in [0.25, 0.3) is 10.9 Å². The van der Waals surface area contributed by atoms with E-state index < -0.39 is 0 Å². The van der Waals surface area contributed by atoms with Gasteiger partial charge in [-0.2, -0.15) is 0 Å². The van der Waals surface area contributed by atoms with Crippen molar-refractivity contribution in [1.82, 2.24) is 19.8 Å². The van der Waals surface area contributed by atoms with Crippen LogP contribution in [0.5, 0.6) is 0 Å². The molecule has 0 spiro atoms. The van der Waals surface area contributed by atoms with Gasteiger partial charge in [-0.25, -0.2) is 4.98 Å². The van der Waals surface area contributed by atoms with Gasteiger partial charge in [0.25, 0.3) is 5.56 Å². The minimum absolute atomic E-state index is 0.00892. The third-order valence-corrected chi connectivity index (χ3v) is 5.73. The number of carbonyl (C=O) groups excluding carboxylic acids is 1. The summed E-state index contributed by atoms with van der Waals surface area (Å²) in [6, 6.07) is 11.2. The molecule has 7 nitrogen and oxygen atoms in total. The van der Waals surface area contributed by atoms with E-state index >= 15 is 0 Å². The molecule has 7 heteroatoms. The summed E-state index contributed by atoms with van der Waals surface area (Å²) in [6.45, 7) is 3.06. The van der Waals surface area contributed by atoms with Crippen molar-refractivity contribution in [1.29, 1.82) is 0 Å². The zero-order valence-corrected chi connectivity index (χ0v) is 17.1. The zero-order chi connectivity index (χ0) is 20.8. The third-order valence-electron chi connectivity index (χ3n) is 5.73. The number of nitrogens with one attached hydrogen (secondary N) is 1. The van der Waals surface area contributed by atoms with Crippen molar-refractivity contribution in [2.45, 2.75) is 44.7 Å². The summed E-state index contributed by atoms with van der Waals surface area (Å²) in [5, 5.41) is 3.66. The molecule has 0 bridgehead atoms. The zero-order valence-electron chi connectivity index (χ0n) is 17.1. The molecule has 1 aliphatic rings. The van der Waals surface area contributed by atoms with E-state index in [0.29, 0.717) is 36.8 Å². The van der Waals surface area contributed by atoms with Crippen molar-refractivity contribution < 1.29 is 9.21 Å². The molecule has 1 amide bonds. The number of furan rings is 1. The molecule has 0 radical (unpaired) electrons. The fourth-order valence-corrected chi connectivity index (χ4v) is 4.09. The molecule has 3 aromatic rings. The largest absolute Gasteiger partial charge is 0.468 e. The highest BCUT2D eigenvalue weighted by molar-refractivity contribution is 5.77. The van der Waals surface area contributed by atoms with Crippen molar-refractivity contribution in [3.63, 3.8) is 0 Å². The molecule has 0 saturated carbocycles. The van der Waals surface area contributed by atoms with Crippen LogP contribution in [-0.4, -0.2) is 40.0 Å². The van der Waals surface area contributed by atoms with Gasteiger partial charge in [0.1, 0.15) is 5.76 Å². The number of carbonyl (C=O) groups is 1. The molecular formula is C23H28N4O3. The molecule has 1 aromatic carbocycles. The van der Waals surface area contributed by atoms with E-state index in [2.05, 4.69) is 15.2 Å². The smallest absolute Gasteiger partial charge is 0.261 e. The Balaban J connectivity index is 1.30. The Morgan fingerprint density at radius 3 is 2.77 bits per heavy atom. The van der Waals surface area contributed by atoms with Gasteiger partial charge in [-0.05, 0) is 56.6 Å². The molecule has 1 N–H and O–H groups in total. The maximum Gasteiger partial charge on any atom is 0.261 e.